The fourth-order valence-electron chi connectivity index (χ4n) is 1.21. The molecule has 1 fully saturated rings. The van der Waals surface area contributed by atoms with E-state index in [-0.39, 0.29) is 12.6 Å². The first kappa shape index (κ1) is 11.7. The molecule has 0 aromatic rings. The Morgan fingerprint density at radius 2 is 2.14 bits per heavy atom. The van der Waals surface area contributed by atoms with Gasteiger partial charge < -0.3 is 15.2 Å². The van der Waals surface area contributed by atoms with Gasteiger partial charge in [-0.1, -0.05) is 0 Å². The van der Waals surface area contributed by atoms with Crippen LogP contribution in [0.2, 0.25) is 0 Å². The summed E-state index contributed by atoms with van der Waals surface area (Å²) in [6.07, 6.45) is -6.24. The van der Waals surface area contributed by atoms with Gasteiger partial charge in [-0.3, -0.25) is 0 Å². The molecule has 3 unspecified atom stereocenters. The van der Waals surface area contributed by atoms with Crippen LogP contribution in [0.1, 0.15) is 13.3 Å². The summed E-state index contributed by atoms with van der Waals surface area (Å²) in [6.45, 7) is 1.60. The second kappa shape index (κ2) is 4.46. The zero-order valence-corrected chi connectivity index (χ0v) is 7.88. The van der Waals surface area contributed by atoms with E-state index in [1.54, 1.807) is 0 Å². The van der Waals surface area contributed by atoms with Gasteiger partial charge in [-0.15, -0.1) is 0 Å². The molecule has 0 aromatic heterocycles. The van der Waals surface area contributed by atoms with Crippen molar-refractivity contribution < 1.29 is 22.6 Å². The number of nitrogens with two attached hydrogens (primary N) is 1. The van der Waals surface area contributed by atoms with Crippen LogP contribution >= 0.6 is 0 Å². The summed E-state index contributed by atoms with van der Waals surface area (Å²) in [6, 6.07) is -0.367. The van der Waals surface area contributed by atoms with Crippen LogP contribution in [-0.4, -0.2) is 37.6 Å². The second-order valence-electron chi connectivity index (χ2n) is 3.39. The Labute approximate surface area is 80.4 Å². The molecule has 14 heavy (non-hydrogen) atoms. The minimum Gasteiger partial charge on any atom is -0.379 e. The molecule has 3 atom stereocenters. The maximum Gasteiger partial charge on any atom is 0.414 e. The molecule has 0 aliphatic carbocycles. The Morgan fingerprint density at radius 3 is 2.64 bits per heavy atom. The van der Waals surface area contributed by atoms with Gasteiger partial charge in [0.05, 0.1) is 12.7 Å². The predicted octanol–water partition coefficient (Wildman–Crippen LogP) is 1.07. The average Bonchev–Trinajstić information content (AvgIpc) is 2.07. The van der Waals surface area contributed by atoms with E-state index in [1.165, 1.54) is 0 Å². The van der Waals surface area contributed by atoms with Crippen LogP contribution in [0.3, 0.4) is 0 Å². The van der Waals surface area contributed by atoms with E-state index >= 15 is 0 Å². The normalized spacial score (nSPS) is 31.5. The lowest BCUT2D eigenvalue weighted by Crippen LogP contribution is -2.48. The zero-order chi connectivity index (χ0) is 10.8. The van der Waals surface area contributed by atoms with Gasteiger partial charge in [-0.05, 0) is 13.3 Å². The lowest BCUT2D eigenvalue weighted by molar-refractivity contribution is -0.237. The van der Waals surface area contributed by atoms with Crippen molar-refractivity contribution in [2.75, 3.05) is 13.2 Å². The van der Waals surface area contributed by atoms with Crippen molar-refractivity contribution >= 4 is 0 Å². The summed E-state index contributed by atoms with van der Waals surface area (Å²) in [4.78, 5) is 0. The summed E-state index contributed by atoms with van der Waals surface area (Å²) >= 11 is 0. The molecule has 84 valence electrons. The summed E-state index contributed by atoms with van der Waals surface area (Å²) in [5, 5.41) is 0. The SMILES string of the molecule is CC(OC1COCCC1N)C(F)(F)F. The molecular formula is C8H14F3NO2. The fraction of sp³-hybridized carbons (Fsp3) is 1.00. The monoisotopic (exact) mass is 213 g/mol. The molecule has 3 nitrogen and oxygen atoms in total. The molecule has 1 heterocycles. The summed E-state index contributed by atoms with van der Waals surface area (Å²) in [5.74, 6) is 0. The molecule has 0 radical (unpaired) electrons. The first-order valence-corrected chi connectivity index (χ1v) is 4.46. The quantitative estimate of drug-likeness (QED) is 0.746. The average molecular weight is 213 g/mol. The van der Waals surface area contributed by atoms with Crippen LogP contribution < -0.4 is 5.73 Å². The third-order valence-electron chi connectivity index (χ3n) is 2.20. The van der Waals surface area contributed by atoms with E-state index in [1.807, 2.05) is 0 Å². The number of hydrogen-bond acceptors (Lipinski definition) is 3. The highest BCUT2D eigenvalue weighted by Gasteiger charge is 2.39. The Morgan fingerprint density at radius 1 is 1.50 bits per heavy atom. The molecule has 0 amide bonds. The van der Waals surface area contributed by atoms with E-state index in [2.05, 4.69) is 0 Å². The topological polar surface area (TPSA) is 44.5 Å². The molecule has 6 heteroatoms. The van der Waals surface area contributed by atoms with Gasteiger partial charge in [0.15, 0.2) is 6.10 Å². The van der Waals surface area contributed by atoms with Gasteiger partial charge in [0.1, 0.15) is 0 Å². The van der Waals surface area contributed by atoms with Gasteiger partial charge >= 0.3 is 6.18 Å². The Kier molecular flexibility index (Phi) is 3.74. The summed E-state index contributed by atoms with van der Waals surface area (Å²) in [7, 11) is 0. The highest BCUT2D eigenvalue weighted by Crippen LogP contribution is 2.24. The van der Waals surface area contributed by atoms with Crippen molar-refractivity contribution in [1.82, 2.24) is 0 Å². The number of rotatable bonds is 2. The largest absolute Gasteiger partial charge is 0.414 e. The number of hydrogen-bond donors (Lipinski definition) is 1. The van der Waals surface area contributed by atoms with Gasteiger partial charge in [0.2, 0.25) is 0 Å². The van der Waals surface area contributed by atoms with Crippen LogP contribution in [0.25, 0.3) is 0 Å². The van der Waals surface area contributed by atoms with Crippen LogP contribution in [0.5, 0.6) is 0 Å². The molecule has 0 saturated carbocycles. The maximum absolute atomic E-state index is 12.1. The Balaban J connectivity index is 2.42. The van der Waals surface area contributed by atoms with Crippen molar-refractivity contribution in [3.63, 3.8) is 0 Å². The van der Waals surface area contributed by atoms with Gasteiger partial charge in [0, 0.05) is 12.6 Å². The van der Waals surface area contributed by atoms with Gasteiger partial charge in [-0.2, -0.15) is 13.2 Å². The fourth-order valence-corrected chi connectivity index (χ4v) is 1.21. The molecule has 1 rings (SSSR count). The van der Waals surface area contributed by atoms with Crippen molar-refractivity contribution in [3.05, 3.63) is 0 Å². The molecule has 0 bridgehead atoms. The maximum atomic E-state index is 12.1. The number of alkyl halides is 3. The highest BCUT2D eigenvalue weighted by molar-refractivity contribution is 4.79. The summed E-state index contributed by atoms with van der Waals surface area (Å²) < 4.78 is 46.2. The zero-order valence-electron chi connectivity index (χ0n) is 7.88. The van der Waals surface area contributed by atoms with E-state index in [0.717, 1.165) is 6.92 Å². The van der Waals surface area contributed by atoms with Crippen molar-refractivity contribution in [3.8, 4) is 0 Å². The minimum absolute atomic E-state index is 0.140. The van der Waals surface area contributed by atoms with E-state index in [0.29, 0.717) is 13.0 Å². The lowest BCUT2D eigenvalue weighted by Gasteiger charge is -2.31. The van der Waals surface area contributed by atoms with Gasteiger partial charge in [-0.25, -0.2) is 0 Å². The van der Waals surface area contributed by atoms with Crippen molar-refractivity contribution in [2.24, 2.45) is 5.73 Å². The lowest BCUT2D eigenvalue weighted by atomic mass is 10.1. The Hall–Kier alpha value is -0.330. The van der Waals surface area contributed by atoms with Crippen LogP contribution in [0.4, 0.5) is 13.2 Å². The van der Waals surface area contributed by atoms with E-state index in [4.69, 9.17) is 15.2 Å². The molecular weight excluding hydrogens is 199 g/mol. The van der Waals surface area contributed by atoms with E-state index in [9.17, 15) is 13.2 Å². The van der Waals surface area contributed by atoms with Gasteiger partial charge in [0.25, 0.3) is 0 Å². The van der Waals surface area contributed by atoms with Crippen LogP contribution in [0.15, 0.2) is 0 Å². The minimum atomic E-state index is -4.34. The highest BCUT2D eigenvalue weighted by atomic mass is 19.4. The molecule has 0 spiro atoms. The molecule has 2 N–H and O–H groups in total. The number of halogens is 3. The first-order valence-electron chi connectivity index (χ1n) is 4.46. The first-order chi connectivity index (χ1) is 6.41. The molecule has 1 aliphatic heterocycles. The van der Waals surface area contributed by atoms with E-state index < -0.39 is 18.4 Å². The van der Waals surface area contributed by atoms with Crippen LogP contribution in [-0.2, 0) is 9.47 Å². The second-order valence-corrected chi connectivity index (χ2v) is 3.39. The molecule has 0 aromatic carbocycles. The van der Waals surface area contributed by atoms with Crippen LogP contribution in [0, 0.1) is 0 Å². The third kappa shape index (κ3) is 3.11. The Bertz CT molecular complexity index is 186. The smallest absolute Gasteiger partial charge is 0.379 e. The number of ether oxygens (including phenoxy) is 2. The predicted molar refractivity (Wildman–Crippen MR) is 43.8 cm³/mol. The van der Waals surface area contributed by atoms with Crippen molar-refractivity contribution in [1.29, 1.82) is 0 Å². The van der Waals surface area contributed by atoms with Crippen molar-refractivity contribution in [2.45, 2.75) is 37.8 Å². The third-order valence-corrected chi connectivity index (χ3v) is 2.20. The standard InChI is InChI=1S/C8H14F3NO2/c1-5(8(9,10)11)14-7-4-13-3-2-6(7)12/h5-7H,2-4,12H2,1H3. The molecule has 1 aliphatic rings. The summed E-state index contributed by atoms with van der Waals surface area (Å²) in [5.41, 5.74) is 5.60. The molecule has 1 saturated heterocycles.